The number of aromatic nitrogens is 1. The molecule has 0 unspecified atom stereocenters. The molecule has 14 heavy (non-hydrogen) atoms. The number of carboxylic acid groups (broad SMARTS) is 1. The molecule has 1 aromatic heterocycles. The SMILES string of the molecule is Nc1c(C(=O)[O-])[nH]c2ccccc12.[K+]. The van der Waals surface area contributed by atoms with Crippen LogP contribution in [0, 0.1) is 0 Å². The van der Waals surface area contributed by atoms with Crippen LogP contribution in [0.5, 0.6) is 0 Å². The smallest absolute Gasteiger partial charge is 0.543 e. The number of H-pyrrole nitrogens is 1. The third-order valence-corrected chi connectivity index (χ3v) is 1.95. The molecule has 2 rings (SSSR count). The van der Waals surface area contributed by atoms with Crippen molar-refractivity contribution in [2.75, 3.05) is 5.73 Å². The largest absolute Gasteiger partial charge is 1.00 e. The van der Waals surface area contributed by atoms with Gasteiger partial charge < -0.3 is 20.6 Å². The number of rotatable bonds is 1. The minimum Gasteiger partial charge on any atom is -0.543 e. The maximum absolute atomic E-state index is 10.6. The predicted molar refractivity (Wildman–Crippen MR) is 47.0 cm³/mol. The van der Waals surface area contributed by atoms with E-state index in [1.807, 2.05) is 0 Å². The first-order valence-electron chi connectivity index (χ1n) is 3.77. The molecule has 0 atom stereocenters. The molecule has 0 spiro atoms. The van der Waals surface area contributed by atoms with Crippen molar-refractivity contribution in [2.45, 2.75) is 0 Å². The zero-order chi connectivity index (χ0) is 9.42. The number of carboxylic acids is 1. The number of nitrogens with two attached hydrogens (primary N) is 1. The summed E-state index contributed by atoms with van der Waals surface area (Å²) in [6, 6.07) is 7.12. The summed E-state index contributed by atoms with van der Waals surface area (Å²) in [5.74, 6) is -1.28. The quantitative estimate of drug-likeness (QED) is 0.500. The first-order valence-corrected chi connectivity index (χ1v) is 3.77. The van der Waals surface area contributed by atoms with E-state index < -0.39 is 5.97 Å². The van der Waals surface area contributed by atoms with Crippen molar-refractivity contribution < 1.29 is 61.3 Å². The maximum Gasteiger partial charge on any atom is 1.00 e. The molecule has 5 heteroatoms. The predicted octanol–water partition coefficient (Wildman–Crippen LogP) is -2.88. The number of anilines is 1. The van der Waals surface area contributed by atoms with Crippen LogP contribution in [0.2, 0.25) is 0 Å². The van der Waals surface area contributed by atoms with Gasteiger partial charge >= 0.3 is 51.4 Å². The van der Waals surface area contributed by atoms with Gasteiger partial charge in [0.1, 0.15) is 0 Å². The van der Waals surface area contributed by atoms with Crippen LogP contribution in [0.25, 0.3) is 10.9 Å². The Morgan fingerprint density at radius 2 is 2.00 bits per heavy atom. The Hall–Kier alpha value is -0.334. The van der Waals surface area contributed by atoms with E-state index in [1.54, 1.807) is 24.3 Å². The van der Waals surface area contributed by atoms with Crippen LogP contribution < -0.4 is 62.2 Å². The molecule has 4 nitrogen and oxygen atoms in total. The van der Waals surface area contributed by atoms with Gasteiger partial charge in [-0.2, -0.15) is 0 Å². The van der Waals surface area contributed by atoms with Crippen LogP contribution in [0.15, 0.2) is 24.3 Å². The minimum absolute atomic E-state index is 0. The Morgan fingerprint density at radius 1 is 1.36 bits per heavy atom. The number of aromatic carboxylic acids is 1. The fourth-order valence-electron chi connectivity index (χ4n) is 1.32. The molecular formula is C9H7KN2O2. The number of carbonyl (C=O) groups is 1. The molecule has 0 saturated heterocycles. The number of benzene rings is 1. The molecule has 1 heterocycles. The van der Waals surface area contributed by atoms with Crippen LogP contribution in [0.1, 0.15) is 10.5 Å². The summed E-state index contributed by atoms with van der Waals surface area (Å²) in [5, 5.41) is 11.3. The average molecular weight is 214 g/mol. The van der Waals surface area contributed by atoms with E-state index in [1.165, 1.54) is 0 Å². The van der Waals surface area contributed by atoms with Gasteiger partial charge in [0.15, 0.2) is 0 Å². The second kappa shape index (κ2) is 4.46. The third-order valence-electron chi connectivity index (χ3n) is 1.95. The molecule has 1 aromatic carbocycles. The second-order valence-corrected chi connectivity index (χ2v) is 2.75. The monoisotopic (exact) mass is 214 g/mol. The normalized spacial score (nSPS) is 9.71. The number of carbonyl (C=O) groups excluding carboxylic acids is 1. The van der Waals surface area contributed by atoms with Gasteiger partial charge in [-0.25, -0.2) is 0 Å². The van der Waals surface area contributed by atoms with Gasteiger partial charge in [0.25, 0.3) is 0 Å². The van der Waals surface area contributed by atoms with Crippen LogP contribution >= 0.6 is 0 Å². The van der Waals surface area contributed by atoms with Crippen molar-refractivity contribution in [2.24, 2.45) is 0 Å². The number of para-hydroxylation sites is 1. The number of fused-ring (bicyclic) bond motifs is 1. The van der Waals surface area contributed by atoms with Crippen molar-refractivity contribution in [3.05, 3.63) is 30.0 Å². The van der Waals surface area contributed by atoms with Crippen molar-refractivity contribution in [1.82, 2.24) is 4.98 Å². The van der Waals surface area contributed by atoms with Gasteiger partial charge in [-0.1, -0.05) is 18.2 Å². The second-order valence-electron chi connectivity index (χ2n) is 2.75. The molecule has 0 bridgehead atoms. The number of hydrogen-bond donors (Lipinski definition) is 2. The summed E-state index contributed by atoms with van der Waals surface area (Å²) in [5.41, 5.74) is 6.47. The third kappa shape index (κ3) is 1.87. The van der Waals surface area contributed by atoms with E-state index in [4.69, 9.17) is 5.73 Å². The topological polar surface area (TPSA) is 81.9 Å². The van der Waals surface area contributed by atoms with E-state index >= 15 is 0 Å². The standard InChI is InChI=1S/C9H8N2O2.K/c10-7-5-3-1-2-4-6(5)11-8(7)9(12)13;/h1-4,11H,10H2,(H,12,13);/q;+1/p-1. The Labute approximate surface area is 123 Å². The summed E-state index contributed by atoms with van der Waals surface area (Å²) >= 11 is 0. The molecule has 3 N–H and O–H groups in total. The summed E-state index contributed by atoms with van der Waals surface area (Å²) in [6.07, 6.45) is 0. The van der Waals surface area contributed by atoms with Gasteiger partial charge in [-0.05, 0) is 6.07 Å². The van der Waals surface area contributed by atoms with Crippen molar-refractivity contribution >= 4 is 22.6 Å². The molecule has 0 saturated carbocycles. The molecule has 66 valence electrons. The fraction of sp³-hybridized carbons (Fsp3) is 0. The van der Waals surface area contributed by atoms with Crippen molar-refractivity contribution in [3.8, 4) is 0 Å². The molecular weight excluding hydrogens is 207 g/mol. The number of aromatic amines is 1. The van der Waals surface area contributed by atoms with Crippen LogP contribution in [0.4, 0.5) is 5.69 Å². The van der Waals surface area contributed by atoms with Gasteiger partial charge in [0.2, 0.25) is 0 Å². The summed E-state index contributed by atoms with van der Waals surface area (Å²) in [4.78, 5) is 13.2. The summed E-state index contributed by atoms with van der Waals surface area (Å²) in [7, 11) is 0. The number of hydrogen-bond acceptors (Lipinski definition) is 3. The van der Waals surface area contributed by atoms with Crippen molar-refractivity contribution in [1.29, 1.82) is 0 Å². The Balaban J connectivity index is 0.000000980. The van der Waals surface area contributed by atoms with E-state index in [2.05, 4.69) is 4.98 Å². The molecule has 0 radical (unpaired) electrons. The van der Waals surface area contributed by atoms with Gasteiger partial charge in [-0.15, -0.1) is 0 Å². The van der Waals surface area contributed by atoms with Crippen LogP contribution in [-0.4, -0.2) is 11.0 Å². The van der Waals surface area contributed by atoms with Gasteiger partial charge in [0, 0.05) is 10.9 Å². The van der Waals surface area contributed by atoms with E-state index in [0.29, 0.717) is 10.9 Å². The summed E-state index contributed by atoms with van der Waals surface area (Å²) in [6.45, 7) is 0. The molecule has 0 aliphatic carbocycles. The Morgan fingerprint density at radius 3 is 2.57 bits per heavy atom. The average Bonchev–Trinajstić information content (AvgIpc) is 2.45. The van der Waals surface area contributed by atoms with E-state index in [0.717, 1.165) is 0 Å². The molecule has 0 fully saturated rings. The first kappa shape index (κ1) is 11.7. The van der Waals surface area contributed by atoms with Crippen LogP contribution in [-0.2, 0) is 0 Å². The molecule has 0 aliphatic heterocycles. The Bertz CT molecular complexity index is 479. The maximum atomic E-state index is 10.6. The van der Waals surface area contributed by atoms with Gasteiger partial charge in [0.05, 0.1) is 17.4 Å². The minimum atomic E-state index is -1.28. The molecule has 0 aliphatic rings. The van der Waals surface area contributed by atoms with E-state index in [9.17, 15) is 9.90 Å². The zero-order valence-electron chi connectivity index (χ0n) is 7.70. The Kier molecular flexibility index (Phi) is 3.74. The molecule has 2 aromatic rings. The fourth-order valence-corrected chi connectivity index (χ4v) is 1.32. The number of nitrogens with one attached hydrogen (secondary N) is 1. The van der Waals surface area contributed by atoms with Crippen LogP contribution in [0.3, 0.4) is 0 Å². The van der Waals surface area contributed by atoms with Crippen molar-refractivity contribution in [3.63, 3.8) is 0 Å². The zero-order valence-corrected chi connectivity index (χ0v) is 10.8. The van der Waals surface area contributed by atoms with E-state index in [-0.39, 0.29) is 62.8 Å². The first-order chi connectivity index (χ1) is 6.20. The van der Waals surface area contributed by atoms with Gasteiger partial charge in [-0.3, -0.25) is 0 Å². The molecule has 0 amide bonds. The summed E-state index contributed by atoms with van der Waals surface area (Å²) < 4.78 is 0. The number of nitrogen functional groups attached to an aromatic ring is 1.